The largest absolute Gasteiger partial charge is 0.349 e. The van der Waals surface area contributed by atoms with Gasteiger partial charge in [0.25, 0.3) is 11.8 Å². The Labute approximate surface area is 220 Å². The number of nitrogens with zero attached hydrogens (tertiary/aromatic N) is 4. The number of thiazole rings is 1. The second-order valence-electron chi connectivity index (χ2n) is 11.3. The first-order chi connectivity index (χ1) is 17.8. The van der Waals surface area contributed by atoms with Crippen molar-refractivity contribution in [2.75, 3.05) is 13.1 Å². The number of fused-ring (bicyclic) bond motifs is 2. The molecule has 1 N–H and O–H groups in total. The quantitative estimate of drug-likeness (QED) is 0.411. The molecule has 0 radical (unpaired) electrons. The molecule has 198 valence electrons. The molecule has 9 heteroatoms. The van der Waals surface area contributed by atoms with E-state index in [2.05, 4.69) is 20.3 Å². The van der Waals surface area contributed by atoms with Crippen LogP contribution in [0.2, 0.25) is 0 Å². The van der Waals surface area contributed by atoms with Crippen molar-refractivity contribution >= 4 is 28.1 Å². The second kappa shape index (κ2) is 10.1. The van der Waals surface area contributed by atoms with E-state index < -0.39 is 5.92 Å². The summed E-state index contributed by atoms with van der Waals surface area (Å²) in [4.78, 5) is 20.8. The summed E-state index contributed by atoms with van der Waals surface area (Å²) >= 11 is 1.24. The molecular weight excluding hydrogens is 492 g/mol. The molecule has 0 bridgehead atoms. The van der Waals surface area contributed by atoms with Crippen LogP contribution in [-0.4, -0.2) is 44.7 Å². The van der Waals surface area contributed by atoms with Crippen molar-refractivity contribution in [1.82, 2.24) is 25.0 Å². The molecule has 2 aromatic heterocycles. The third kappa shape index (κ3) is 5.58. The van der Waals surface area contributed by atoms with E-state index in [0.29, 0.717) is 18.0 Å². The highest BCUT2D eigenvalue weighted by molar-refractivity contribution is 7.11. The van der Waals surface area contributed by atoms with E-state index >= 15 is 0 Å². The molecule has 37 heavy (non-hydrogen) atoms. The maximum atomic E-state index is 14.6. The fourth-order valence-corrected chi connectivity index (χ4v) is 7.00. The third-order valence-electron chi connectivity index (χ3n) is 8.31. The summed E-state index contributed by atoms with van der Waals surface area (Å²) in [5.41, 5.74) is 2.40. The van der Waals surface area contributed by atoms with Crippen LogP contribution in [0, 0.1) is 11.8 Å². The predicted octanol–water partition coefficient (Wildman–Crippen LogP) is 5.66. The number of carbonyl (C=O) groups is 1. The van der Waals surface area contributed by atoms with Gasteiger partial charge in [0.2, 0.25) is 0 Å². The Balaban J connectivity index is 0.966. The van der Waals surface area contributed by atoms with Gasteiger partial charge in [0.15, 0.2) is 5.01 Å². The van der Waals surface area contributed by atoms with Gasteiger partial charge in [0.1, 0.15) is 0 Å². The minimum Gasteiger partial charge on any atom is -0.349 e. The average Bonchev–Trinajstić information content (AvgIpc) is 3.42. The molecule has 0 saturated heterocycles. The lowest BCUT2D eigenvalue weighted by Gasteiger charge is -2.32. The standard InChI is InChI=1S/C28H35F2N5OS/c1-34-16-22-21(3-2-4-23(22)33-34)26(36)31-20-9-7-18(8-10-20)11-13-35-14-12-25-24(17-35)32-27(37-25)28(29,30)15-19-5-6-19/h2-4,16,18-20H,5-15,17H2,1H3,(H,31,36). The van der Waals surface area contributed by atoms with Gasteiger partial charge in [-0.15, -0.1) is 11.3 Å². The normalized spacial score (nSPS) is 22.8. The average molecular weight is 528 g/mol. The van der Waals surface area contributed by atoms with Crippen LogP contribution in [0.25, 0.3) is 10.9 Å². The summed E-state index contributed by atoms with van der Waals surface area (Å²) < 4.78 is 30.9. The van der Waals surface area contributed by atoms with Crippen LogP contribution in [0.5, 0.6) is 0 Å². The molecule has 1 aliphatic heterocycles. The Morgan fingerprint density at radius 2 is 1.95 bits per heavy atom. The van der Waals surface area contributed by atoms with Crippen molar-refractivity contribution < 1.29 is 13.6 Å². The molecule has 2 aliphatic carbocycles. The number of aryl methyl sites for hydroxylation is 1. The van der Waals surface area contributed by atoms with Gasteiger partial charge in [0.05, 0.1) is 16.8 Å². The smallest absolute Gasteiger partial charge is 0.299 e. The maximum Gasteiger partial charge on any atom is 0.299 e. The molecule has 2 saturated carbocycles. The van der Waals surface area contributed by atoms with Crippen LogP contribution in [0.1, 0.15) is 77.3 Å². The van der Waals surface area contributed by atoms with Crippen LogP contribution in [0.4, 0.5) is 8.78 Å². The highest BCUT2D eigenvalue weighted by atomic mass is 32.1. The molecule has 3 aliphatic rings. The maximum absolute atomic E-state index is 14.6. The van der Waals surface area contributed by atoms with Crippen molar-refractivity contribution in [2.45, 2.75) is 76.3 Å². The number of nitrogens with one attached hydrogen (secondary N) is 1. The number of benzene rings is 1. The number of halogens is 2. The van der Waals surface area contributed by atoms with Crippen LogP contribution in [0.15, 0.2) is 24.4 Å². The number of aromatic nitrogens is 3. The molecule has 3 heterocycles. The number of hydrogen-bond donors (Lipinski definition) is 1. The molecule has 0 spiro atoms. The molecule has 2 fully saturated rings. The lowest BCUT2D eigenvalue weighted by molar-refractivity contribution is -0.0192. The van der Waals surface area contributed by atoms with E-state index in [1.165, 1.54) is 11.3 Å². The number of rotatable bonds is 8. The number of carbonyl (C=O) groups excluding carboxylic acids is 1. The van der Waals surface area contributed by atoms with Crippen LogP contribution >= 0.6 is 11.3 Å². The van der Waals surface area contributed by atoms with Crippen molar-refractivity contribution in [2.24, 2.45) is 18.9 Å². The summed E-state index contributed by atoms with van der Waals surface area (Å²) in [5.74, 6) is -1.96. The van der Waals surface area contributed by atoms with Crippen molar-refractivity contribution in [3.05, 3.63) is 45.5 Å². The number of alkyl halides is 2. The first kappa shape index (κ1) is 24.9. The highest BCUT2D eigenvalue weighted by Gasteiger charge is 2.42. The molecule has 3 aromatic rings. The summed E-state index contributed by atoms with van der Waals surface area (Å²) in [6.45, 7) is 2.60. The van der Waals surface area contributed by atoms with Gasteiger partial charge in [-0.2, -0.15) is 13.9 Å². The van der Waals surface area contributed by atoms with Crippen LogP contribution in [-0.2, 0) is 25.9 Å². The Morgan fingerprint density at radius 1 is 1.16 bits per heavy atom. The topological polar surface area (TPSA) is 63.1 Å². The molecule has 1 aromatic carbocycles. The second-order valence-corrected chi connectivity index (χ2v) is 12.4. The van der Waals surface area contributed by atoms with Crippen molar-refractivity contribution in [3.8, 4) is 0 Å². The molecule has 0 atom stereocenters. The Kier molecular flexibility index (Phi) is 6.77. The van der Waals surface area contributed by atoms with E-state index in [1.54, 1.807) is 4.68 Å². The monoisotopic (exact) mass is 527 g/mol. The first-order valence-corrected chi connectivity index (χ1v) is 14.5. The van der Waals surface area contributed by atoms with E-state index in [1.807, 2.05) is 31.4 Å². The van der Waals surface area contributed by atoms with Gasteiger partial charge in [0, 0.05) is 49.1 Å². The Morgan fingerprint density at radius 3 is 2.73 bits per heavy atom. The van der Waals surface area contributed by atoms with Crippen LogP contribution < -0.4 is 5.32 Å². The SMILES string of the molecule is Cn1cc2c(C(=O)NC3CCC(CCN4CCc5sc(C(F)(F)CC6CC6)nc5C4)CC3)cccc2n1. The van der Waals surface area contributed by atoms with Crippen molar-refractivity contribution in [1.29, 1.82) is 0 Å². The van der Waals surface area contributed by atoms with Gasteiger partial charge in [-0.1, -0.05) is 6.07 Å². The number of amides is 1. The van der Waals surface area contributed by atoms with Gasteiger partial charge in [-0.3, -0.25) is 14.4 Å². The summed E-state index contributed by atoms with van der Waals surface area (Å²) in [6, 6.07) is 5.89. The summed E-state index contributed by atoms with van der Waals surface area (Å²) in [6.07, 6.45) is 9.88. The Bertz CT molecular complexity index is 1270. The fraction of sp³-hybridized carbons (Fsp3) is 0.607. The minimum atomic E-state index is -2.77. The summed E-state index contributed by atoms with van der Waals surface area (Å²) in [5, 5.41) is 8.58. The van der Waals surface area contributed by atoms with E-state index in [9.17, 15) is 13.6 Å². The van der Waals surface area contributed by atoms with E-state index in [-0.39, 0.29) is 29.3 Å². The first-order valence-electron chi connectivity index (χ1n) is 13.7. The molecular formula is C28H35F2N5OS. The van der Waals surface area contributed by atoms with Gasteiger partial charge >= 0.3 is 0 Å². The zero-order valence-corrected chi connectivity index (χ0v) is 22.2. The molecule has 6 nitrogen and oxygen atoms in total. The van der Waals surface area contributed by atoms with Gasteiger partial charge in [-0.25, -0.2) is 4.98 Å². The predicted molar refractivity (Wildman–Crippen MR) is 141 cm³/mol. The zero-order chi connectivity index (χ0) is 25.6. The lowest BCUT2D eigenvalue weighted by Crippen LogP contribution is -2.38. The van der Waals surface area contributed by atoms with E-state index in [0.717, 1.165) is 85.9 Å². The Hall–Kier alpha value is -2.39. The van der Waals surface area contributed by atoms with E-state index in [4.69, 9.17) is 0 Å². The third-order valence-corrected chi connectivity index (χ3v) is 9.58. The molecule has 0 unspecified atom stereocenters. The van der Waals surface area contributed by atoms with Crippen molar-refractivity contribution in [3.63, 3.8) is 0 Å². The van der Waals surface area contributed by atoms with Gasteiger partial charge in [-0.05, 0) is 81.9 Å². The summed E-state index contributed by atoms with van der Waals surface area (Å²) in [7, 11) is 1.87. The van der Waals surface area contributed by atoms with Gasteiger partial charge < -0.3 is 5.32 Å². The molecule has 6 rings (SSSR count). The highest BCUT2D eigenvalue weighted by Crippen LogP contribution is 2.45. The minimum absolute atomic E-state index is 0.0171. The fourth-order valence-electron chi connectivity index (χ4n) is 5.96. The van der Waals surface area contributed by atoms with Crippen LogP contribution in [0.3, 0.4) is 0 Å². The number of hydrogen-bond acceptors (Lipinski definition) is 5. The molecule has 1 amide bonds. The lowest BCUT2D eigenvalue weighted by atomic mass is 9.84. The zero-order valence-electron chi connectivity index (χ0n) is 21.4.